The molecule has 0 radical (unpaired) electrons. The first-order chi connectivity index (χ1) is 12.1. The van der Waals surface area contributed by atoms with E-state index in [-0.39, 0.29) is 5.91 Å². The van der Waals surface area contributed by atoms with Crippen molar-refractivity contribution in [3.8, 4) is 0 Å². The second-order valence-electron chi connectivity index (χ2n) is 7.12. The SMILES string of the molecule is Cn1ccnc1CN1CCC[C@@](CCCc2ccncc2)(C(N)=O)C1. The fraction of sp³-hybridized carbons (Fsp3) is 0.526. The van der Waals surface area contributed by atoms with E-state index in [4.69, 9.17) is 5.73 Å². The molecule has 2 N–H and O–H groups in total. The highest BCUT2D eigenvalue weighted by molar-refractivity contribution is 5.81. The monoisotopic (exact) mass is 341 g/mol. The van der Waals surface area contributed by atoms with Crippen LogP contribution in [0.4, 0.5) is 0 Å². The number of primary amides is 1. The second kappa shape index (κ2) is 7.78. The summed E-state index contributed by atoms with van der Waals surface area (Å²) in [7, 11) is 2.00. The van der Waals surface area contributed by atoms with E-state index in [1.807, 2.05) is 48.5 Å². The molecule has 1 atom stereocenters. The summed E-state index contributed by atoms with van der Waals surface area (Å²) in [5, 5.41) is 0. The fourth-order valence-corrected chi connectivity index (χ4v) is 3.82. The van der Waals surface area contributed by atoms with Crippen molar-refractivity contribution in [3.05, 3.63) is 48.3 Å². The number of aryl methyl sites for hydroxylation is 2. The van der Waals surface area contributed by atoms with Crippen LogP contribution in [-0.2, 0) is 24.8 Å². The molecule has 25 heavy (non-hydrogen) atoms. The third kappa shape index (κ3) is 4.25. The highest BCUT2D eigenvalue weighted by atomic mass is 16.1. The Hall–Kier alpha value is -2.21. The topological polar surface area (TPSA) is 77.0 Å². The molecule has 0 unspecified atom stereocenters. The number of carbonyl (C=O) groups is 1. The van der Waals surface area contributed by atoms with Gasteiger partial charge in [-0.25, -0.2) is 4.98 Å². The quantitative estimate of drug-likeness (QED) is 0.834. The van der Waals surface area contributed by atoms with Gasteiger partial charge in [-0.05, 0) is 56.3 Å². The normalized spacial score (nSPS) is 21.3. The van der Waals surface area contributed by atoms with E-state index < -0.39 is 5.41 Å². The van der Waals surface area contributed by atoms with E-state index in [0.29, 0.717) is 0 Å². The van der Waals surface area contributed by atoms with Crippen molar-refractivity contribution in [2.24, 2.45) is 18.2 Å². The first-order valence-electron chi connectivity index (χ1n) is 8.96. The third-order valence-corrected chi connectivity index (χ3v) is 5.33. The molecule has 0 spiro atoms. The van der Waals surface area contributed by atoms with Gasteiger partial charge in [-0.2, -0.15) is 0 Å². The highest BCUT2D eigenvalue weighted by Gasteiger charge is 2.40. The molecule has 3 rings (SSSR count). The van der Waals surface area contributed by atoms with Crippen LogP contribution in [0.5, 0.6) is 0 Å². The smallest absolute Gasteiger partial charge is 0.224 e. The number of imidazole rings is 1. The standard InChI is InChI=1S/C19H27N5O/c1-23-13-11-22-17(23)14-24-12-3-8-19(15-24,18(20)25)7-2-4-16-5-9-21-10-6-16/h5-6,9-11,13H,2-4,7-8,12,14-15H2,1H3,(H2,20,25)/t19-/m1/s1. The molecule has 1 aliphatic rings. The van der Waals surface area contributed by atoms with Gasteiger partial charge in [0.15, 0.2) is 0 Å². The molecule has 0 aliphatic carbocycles. The molecule has 3 heterocycles. The lowest BCUT2D eigenvalue weighted by molar-refractivity contribution is -0.131. The number of hydrogen-bond acceptors (Lipinski definition) is 4. The van der Waals surface area contributed by atoms with Crippen LogP contribution in [0.2, 0.25) is 0 Å². The van der Waals surface area contributed by atoms with E-state index in [0.717, 1.165) is 57.6 Å². The van der Waals surface area contributed by atoms with E-state index in [1.165, 1.54) is 5.56 Å². The maximum absolute atomic E-state index is 12.3. The minimum absolute atomic E-state index is 0.160. The Kier molecular flexibility index (Phi) is 5.48. The maximum atomic E-state index is 12.3. The molecule has 0 bridgehead atoms. The lowest BCUT2D eigenvalue weighted by Crippen LogP contribution is -2.50. The summed E-state index contributed by atoms with van der Waals surface area (Å²) in [4.78, 5) is 23.1. The Labute approximate surface area is 149 Å². The zero-order chi connectivity index (χ0) is 17.7. The number of nitrogens with two attached hydrogens (primary N) is 1. The van der Waals surface area contributed by atoms with E-state index in [9.17, 15) is 4.79 Å². The van der Waals surface area contributed by atoms with Gasteiger partial charge in [0.1, 0.15) is 5.82 Å². The van der Waals surface area contributed by atoms with Gasteiger partial charge in [-0.3, -0.25) is 14.7 Å². The van der Waals surface area contributed by atoms with Crippen LogP contribution in [0.3, 0.4) is 0 Å². The molecule has 2 aromatic heterocycles. The van der Waals surface area contributed by atoms with Crippen LogP contribution < -0.4 is 5.73 Å². The average molecular weight is 341 g/mol. The van der Waals surface area contributed by atoms with Gasteiger partial charge in [0.25, 0.3) is 0 Å². The molecule has 1 amide bonds. The van der Waals surface area contributed by atoms with Crippen molar-refractivity contribution in [2.75, 3.05) is 13.1 Å². The average Bonchev–Trinajstić information content (AvgIpc) is 3.01. The summed E-state index contributed by atoms with van der Waals surface area (Å²) < 4.78 is 2.03. The zero-order valence-corrected chi connectivity index (χ0v) is 14.9. The van der Waals surface area contributed by atoms with Crippen LogP contribution >= 0.6 is 0 Å². The van der Waals surface area contributed by atoms with Gasteiger partial charge in [0.2, 0.25) is 5.91 Å². The summed E-state index contributed by atoms with van der Waals surface area (Å²) in [5.41, 5.74) is 6.69. The van der Waals surface area contributed by atoms with Crippen LogP contribution in [-0.4, -0.2) is 38.4 Å². The van der Waals surface area contributed by atoms with Gasteiger partial charge in [0.05, 0.1) is 12.0 Å². The lowest BCUT2D eigenvalue weighted by atomic mass is 9.75. The molecular weight excluding hydrogens is 314 g/mol. The summed E-state index contributed by atoms with van der Waals surface area (Å²) in [5.74, 6) is 0.865. The van der Waals surface area contributed by atoms with E-state index >= 15 is 0 Å². The van der Waals surface area contributed by atoms with E-state index in [1.54, 1.807) is 0 Å². The first kappa shape index (κ1) is 17.6. The molecule has 0 saturated carbocycles. The molecule has 6 heteroatoms. The van der Waals surface area contributed by atoms with Crippen LogP contribution in [0.1, 0.15) is 37.1 Å². The van der Waals surface area contributed by atoms with Crippen LogP contribution in [0.15, 0.2) is 36.9 Å². The maximum Gasteiger partial charge on any atom is 0.224 e. The van der Waals surface area contributed by atoms with Gasteiger partial charge in [-0.15, -0.1) is 0 Å². The molecule has 1 saturated heterocycles. The second-order valence-corrected chi connectivity index (χ2v) is 7.12. The number of pyridine rings is 1. The summed E-state index contributed by atoms with van der Waals surface area (Å²) in [6.45, 7) is 2.49. The Balaban J connectivity index is 1.62. The number of likely N-dealkylation sites (tertiary alicyclic amines) is 1. The minimum Gasteiger partial charge on any atom is -0.369 e. The van der Waals surface area contributed by atoms with E-state index in [2.05, 4.69) is 14.9 Å². The molecule has 0 aromatic carbocycles. The largest absolute Gasteiger partial charge is 0.369 e. The number of rotatable bonds is 7. The summed E-state index contributed by atoms with van der Waals surface area (Å²) in [6, 6.07) is 4.07. The minimum atomic E-state index is -0.420. The van der Waals surface area contributed by atoms with Gasteiger partial charge >= 0.3 is 0 Å². The number of amides is 1. The highest BCUT2D eigenvalue weighted by Crippen LogP contribution is 2.35. The lowest BCUT2D eigenvalue weighted by Gasteiger charge is -2.40. The predicted molar refractivity (Wildman–Crippen MR) is 96.5 cm³/mol. The molecule has 134 valence electrons. The summed E-state index contributed by atoms with van der Waals surface area (Å²) >= 11 is 0. The molecule has 6 nitrogen and oxygen atoms in total. The fourth-order valence-electron chi connectivity index (χ4n) is 3.82. The van der Waals surface area contributed by atoms with Crippen molar-refractivity contribution >= 4 is 5.91 Å². The molecule has 2 aromatic rings. The van der Waals surface area contributed by atoms with Gasteiger partial charge in [-0.1, -0.05) is 0 Å². The van der Waals surface area contributed by atoms with Crippen molar-refractivity contribution in [1.29, 1.82) is 0 Å². The van der Waals surface area contributed by atoms with Crippen LogP contribution in [0.25, 0.3) is 0 Å². The molecule has 1 fully saturated rings. The van der Waals surface area contributed by atoms with Crippen molar-refractivity contribution in [2.45, 2.75) is 38.6 Å². The Morgan fingerprint density at radius 3 is 2.80 bits per heavy atom. The first-order valence-corrected chi connectivity index (χ1v) is 8.96. The Bertz CT molecular complexity index is 699. The number of nitrogens with zero attached hydrogens (tertiary/aromatic N) is 4. The van der Waals surface area contributed by atoms with Gasteiger partial charge in [0, 0.05) is 38.4 Å². The van der Waals surface area contributed by atoms with Crippen LogP contribution in [0, 0.1) is 5.41 Å². The number of piperidine rings is 1. The zero-order valence-electron chi connectivity index (χ0n) is 14.9. The Morgan fingerprint density at radius 2 is 2.12 bits per heavy atom. The predicted octanol–water partition coefficient (Wildman–Crippen LogP) is 1.91. The van der Waals surface area contributed by atoms with Crippen molar-refractivity contribution < 1.29 is 4.79 Å². The van der Waals surface area contributed by atoms with Crippen molar-refractivity contribution in [1.82, 2.24) is 19.4 Å². The Morgan fingerprint density at radius 1 is 1.32 bits per heavy atom. The van der Waals surface area contributed by atoms with Crippen molar-refractivity contribution in [3.63, 3.8) is 0 Å². The number of aromatic nitrogens is 3. The third-order valence-electron chi connectivity index (χ3n) is 5.33. The number of carbonyl (C=O) groups excluding carboxylic acids is 1. The summed E-state index contributed by atoms with van der Waals surface area (Å²) in [6.07, 6.45) is 12.0. The molecular formula is C19H27N5O. The van der Waals surface area contributed by atoms with Gasteiger partial charge < -0.3 is 10.3 Å². The molecule has 1 aliphatic heterocycles. The number of hydrogen-bond donors (Lipinski definition) is 1.